The third-order valence-electron chi connectivity index (χ3n) is 3.49. The van der Waals surface area contributed by atoms with Crippen LogP contribution in [0.2, 0.25) is 0 Å². The summed E-state index contributed by atoms with van der Waals surface area (Å²) in [5.41, 5.74) is 0.598. The highest BCUT2D eigenvalue weighted by atomic mass is 19.1. The van der Waals surface area contributed by atoms with Crippen LogP contribution < -0.4 is 5.32 Å². The zero-order valence-electron chi connectivity index (χ0n) is 5.93. The molecule has 2 bridgehead atoms. The third kappa shape index (κ3) is 0.377. The maximum atomic E-state index is 12.2. The number of carbonyl (C=O) groups excluding carboxylic acids is 1. The van der Waals surface area contributed by atoms with Crippen LogP contribution in [0.1, 0.15) is 12.8 Å². The fourth-order valence-electron chi connectivity index (χ4n) is 2.75. The molecule has 4 aliphatic rings. The topological polar surface area (TPSA) is 29.1 Å². The van der Waals surface area contributed by atoms with E-state index >= 15 is 0 Å². The lowest BCUT2D eigenvalue weighted by Crippen LogP contribution is -2.61. The number of amides is 1. The normalized spacial score (nSPS) is 54.6. The lowest BCUT2D eigenvalue weighted by Gasteiger charge is -2.55. The van der Waals surface area contributed by atoms with E-state index in [0.717, 1.165) is 18.4 Å². The quantitative estimate of drug-likeness (QED) is 0.546. The highest BCUT2D eigenvalue weighted by molar-refractivity contribution is 5.89. The Kier molecular flexibility index (Phi) is 0.708. The molecular weight excluding hydrogens is 145 g/mol. The highest BCUT2D eigenvalue weighted by Crippen LogP contribution is 2.64. The van der Waals surface area contributed by atoms with Gasteiger partial charge in [-0.05, 0) is 18.4 Å². The molecule has 0 aromatic heterocycles. The molecule has 4 fully saturated rings. The van der Waals surface area contributed by atoms with E-state index < -0.39 is 0 Å². The Labute approximate surface area is 63.5 Å². The van der Waals surface area contributed by atoms with E-state index in [1.807, 2.05) is 0 Å². The maximum absolute atomic E-state index is 12.2. The Balaban J connectivity index is 2.04. The summed E-state index contributed by atoms with van der Waals surface area (Å²) in [5, 5.41) is 2.86. The molecule has 1 amide bonds. The molecule has 1 N–H and O–H groups in total. The van der Waals surface area contributed by atoms with Gasteiger partial charge >= 0.3 is 0 Å². The first-order valence-corrected chi connectivity index (χ1v) is 3.90. The minimum atomic E-state index is -0.198. The standard InChI is InChI=1S/C8H8FNO/c9-3-4-1-6-5-2-8(4,6)10-7(5)11/h3,5-6H,1-2H2,(H,10,11)/b4-3-. The van der Waals surface area contributed by atoms with Crippen molar-refractivity contribution >= 4 is 5.91 Å². The number of halogens is 1. The predicted molar refractivity (Wildman–Crippen MR) is 36.3 cm³/mol. The lowest BCUT2D eigenvalue weighted by molar-refractivity contribution is -0.122. The van der Waals surface area contributed by atoms with Gasteiger partial charge in [0, 0.05) is 11.8 Å². The second-order valence-electron chi connectivity index (χ2n) is 3.72. The van der Waals surface area contributed by atoms with E-state index in [9.17, 15) is 9.18 Å². The molecule has 0 radical (unpaired) electrons. The van der Waals surface area contributed by atoms with Crippen molar-refractivity contribution in [3.05, 3.63) is 11.9 Å². The zero-order chi connectivity index (χ0) is 7.64. The van der Waals surface area contributed by atoms with Crippen molar-refractivity contribution in [3.8, 4) is 0 Å². The Morgan fingerprint density at radius 2 is 2.55 bits per heavy atom. The summed E-state index contributed by atoms with van der Waals surface area (Å²) in [6, 6.07) is 0. The van der Waals surface area contributed by atoms with Crippen LogP contribution in [0, 0.1) is 11.8 Å². The molecule has 0 aromatic rings. The van der Waals surface area contributed by atoms with Crippen LogP contribution in [0.5, 0.6) is 0 Å². The predicted octanol–water partition coefficient (Wildman–Crippen LogP) is 0.748. The smallest absolute Gasteiger partial charge is 0.224 e. The van der Waals surface area contributed by atoms with Crippen LogP contribution in [0.25, 0.3) is 0 Å². The Morgan fingerprint density at radius 3 is 3.09 bits per heavy atom. The molecule has 1 spiro atoms. The Morgan fingerprint density at radius 1 is 1.73 bits per heavy atom. The largest absolute Gasteiger partial charge is 0.346 e. The monoisotopic (exact) mass is 153 g/mol. The van der Waals surface area contributed by atoms with Gasteiger partial charge in [-0.25, -0.2) is 4.39 Å². The molecule has 2 aliphatic carbocycles. The van der Waals surface area contributed by atoms with E-state index in [1.54, 1.807) is 0 Å². The summed E-state index contributed by atoms with van der Waals surface area (Å²) in [6.45, 7) is 0. The highest BCUT2D eigenvalue weighted by Gasteiger charge is 2.71. The van der Waals surface area contributed by atoms with Crippen LogP contribution in [0.15, 0.2) is 11.9 Å². The van der Waals surface area contributed by atoms with Crippen molar-refractivity contribution < 1.29 is 9.18 Å². The first-order valence-electron chi connectivity index (χ1n) is 3.90. The molecule has 4 rings (SSSR count). The van der Waals surface area contributed by atoms with E-state index in [0.29, 0.717) is 12.2 Å². The minimum Gasteiger partial charge on any atom is -0.346 e. The first kappa shape index (κ1) is 5.75. The molecule has 0 aromatic carbocycles. The van der Waals surface area contributed by atoms with Crippen LogP contribution in [-0.2, 0) is 4.79 Å². The zero-order valence-corrected chi connectivity index (χ0v) is 5.93. The van der Waals surface area contributed by atoms with Crippen LogP contribution in [-0.4, -0.2) is 11.4 Å². The number of hydrogen-bond acceptors (Lipinski definition) is 1. The van der Waals surface area contributed by atoms with Crippen LogP contribution >= 0.6 is 0 Å². The van der Waals surface area contributed by atoms with Gasteiger partial charge < -0.3 is 5.32 Å². The average molecular weight is 153 g/mol. The molecule has 3 atom stereocenters. The first-order chi connectivity index (χ1) is 5.28. The summed E-state index contributed by atoms with van der Waals surface area (Å²) >= 11 is 0. The van der Waals surface area contributed by atoms with Crippen LogP contribution in [0.4, 0.5) is 4.39 Å². The van der Waals surface area contributed by atoms with Gasteiger partial charge in [-0.1, -0.05) is 0 Å². The van der Waals surface area contributed by atoms with Crippen molar-refractivity contribution in [2.45, 2.75) is 18.4 Å². The SMILES string of the molecule is O=C1NC23CC1C2C/C3=C/F. The summed E-state index contributed by atoms with van der Waals surface area (Å²) in [4.78, 5) is 11.1. The second-order valence-corrected chi connectivity index (χ2v) is 3.72. The number of hydrogen-bond donors (Lipinski definition) is 1. The van der Waals surface area contributed by atoms with Gasteiger partial charge in [0.2, 0.25) is 5.91 Å². The summed E-state index contributed by atoms with van der Waals surface area (Å²) < 4.78 is 12.2. The molecule has 2 nitrogen and oxygen atoms in total. The van der Waals surface area contributed by atoms with E-state index in [-0.39, 0.29) is 17.4 Å². The molecule has 2 saturated heterocycles. The van der Waals surface area contributed by atoms with E-state index in [4.69, 9.17) is 0 Å². The summed E-state index contributed by atoms with van der Waals surface area (Å²) in [5.74, 6) is 0.766. The van der Waals surface area contributed by atoms with Gasteiger partial charge in [0.1, 0.15) is 0 Å². The molecule has 2 heterocycles. The minimum absolute atomic E-state index is 0.131. The fourth-order valence-corrected chi connectivity index (χ4v) is 2.75. The molecule has 3 unspecified atom stereocenters. The number of fused-ring (bicyclic) bond motifs is 1. The third-order valence-corrected chi connectivity index (χ3v) is 3.49. The van der Waals surface area contributed by atoms with Crippen molar-refractivity contribution in [2.75, 3.05) is 0 Å². The van der Waals surface area contributed by atoms with Gasteiger partial charge in [0.25, 0.3) is 0 Å². The fraction of sp³-hybridized carbons (Fsp3) is 0.625. The number of carbonyl (C=O) groups is 1. The Bertz CT molecular complexity index is 286. The molecule has 11 heavy (non-hydrogen) atoms. The van der Waals surface area contributed by atoms with Crippen molar-refractivity contribution in [1.29, 1.82) is 0 Å². The van der Waals surface area contributed by atoms with Gasteiger partial charge in [0.05, 0.1) is 11.9 Å². The van der Waals surface area contributed by atoms with Gasteiger partial charge in [0.15, 0.2) is 0 Å². The molecule has 58 valence electrons. The van der Waals surface area contributed by atoms with Crippen molar-refractivity contribution in [3.63, 3.8) is 0 Å². The summed E-state index contributed by atoms with van der Waals surface area (Å²) in [7, 11) is 0. The van der Waals surface area contributed by atoms with Gasteiger partial charge in [-0.3, -0.25) is 4.79 Å². The maximum Gasteiger partial charge on any atom is 0.224 e. The van der Waals surface area contributed by atoms with Crippen molar-refractivity contribution in [2.24, 2.45) is 11.8 Å². The lowest BCUT2D eigenvalue weighted by atomic mass is 9.49. The number of rotatable bonds is 0. The molecule has 2 saturated carbocycles. The summed E-state index contributed by atoms with van der Waals surface area (Å²) in [6.07, 6.45) is 2.30. The van der Waals surface area contributed by atoms with Crippen LogP contribution in [0.3, 0.4) is 0 Å². The van der Waals surface area contributed by atoms with Gasteiger partial charge in [-0.2, -0.15) is 0 Å². The van der Waals surface area contributed by atoms with E-state index in [1.165, 1.54) is 0 Å². The number of nitrogens with one attached hydrogen (secondary N) is 1. The van der Waals surface area contributed by atoms with Crippen molar-refractivity contribution in [1.82, 2.24) is 5.32 Å². The van der Waals surface area contributed by atoms with Gasteiger partial charge in [-0.15, -0.1) is 0 Å². The Hall–Kier alpha value is -0.860. The average Bonchev–Trinajstić information content (AvgIpc) is 2.40. The second kappa shape index (κ2) is 1.36. The molecule has 2 aliphatic heterocycles. The molecular formula is C8H8FNO. The molecule has 3 heteroatoms. The van der Waals surface area contributed by atoms with E-state index in [2.05, 4.69) is 5.32 Å².